The molecule has 0 atom stereocenters. The minimum absolute atomic E-state index is 0.149. The standard InChI is InChI=1S/C14H22N4O/c1-4-14(5-2,10-19)16-8-12-7-15-13-6-11(3)17-18(13)9-12/h6-7,9,16,19H,4-5,8,10H2,1-3H3. The molecule has 0 aliphatic heterocycles. The quantitative estimate of drug-likeness (QED) is 0.831. The molecule has 2 N–H and O–H groups in total. The normalized spacial score (nSPS) is 12.2. The first-order valence-corrected chi connectivity index (χ1v) is 6.79. The molecule has 0 unspecified atom stereocenters. The highest BCUT2D eigenvalue weighted by atomic mass is 16.3. The monoisotopic (exact) mass is 262 g/mol. The van der Waals surface area contributed by atoms with Crippen molar-refractivity contribution in [3.8, 4) is 0 Å². The lowest BCUT2D eigenvalue weighted by molar-refractivity contribution is 0.149. The zero-order valence-corrected chi connectivity index (χ0v) is 11.8. The van der Waals surface area contributed by atoms with E-state index in [0.29, 0.717) is 6.54 Å². The molecular weight excluding hydrogens is 240 g/mol. The molecule has 0 saturated carbocycles. The van der Waals surface area contributed by atoms with Crippen molar-refractivity contribution < 1.29 is 5.11 Å². The predicted molar refractivity (Wildman–Crippen MR) is 75.0 cm³/mol. The van der Waals surface area contributed by atoms with Crippen molar-refractivity contribution in [2.75, 3.05) is 6.61 Å². The molecule has 2 heterocycles. The molecule has 0 bridgehead atoms. The van der Waals surface area contributed by atoms with Crippen LogP contribution in [0, 0.1) is 6.92 Å². The van der Waals surface area contributed by atoms with E-state index in [1.807, 2.05) is 25.4 Å². The maximum absolute atomic E-state index is 9.53. The Hall–Kier alpha value is -1.46. The van der Waals surface area contributed by atoms with E-state index >= 15 is 0 Å². The number of nitrogens with zero attached hydrogens (tertiary/aromatic N) is 3. The van der Waals surface area contributed by atoms with Crippen LogP contribution in [0.4, 0.5) is 0 Å². The summed E-state index contributed by atoms with van der Waals surface area (Å²) in [7, 11) is 0. The summed E-state index contributed by atoms with van der Waals surface area (Å²) in [6.45, 7) is 6.97. The second-order valence-corrected chi connectivity index (χ2v) is 5.05. The highest BCUT2D eigenvalue weighted by Gasteiger charge is 2.24. The van der Waals surface area contributed by atoms with Gasteiger partial charge in [0, 0.05) is 36.1 Å². The van der Waals surface area contributed by atoms with Crippen LogP contribution in [-0.4, -0.2) is 31.9 Å². The van der Waals surface area contributed by atoms with E-state index in [0.717, 1.165) is 29.7 Å². The molecule has 0 aliphatic rings. The largest absolute Gasteiger partial charge is 0.394 e. The van der Waals surface area contributed by atoms with Gasteiger partial charge in [0.25, 0.3) is 0 Å². The molecule has 2 rings (SSSR count). The smallest absolute Gasteiger partial charge is 0.155 e. The van der Waals surface area contributed by atoms with Crippen LogP contribution in [0.1, 0.15) is 37.9 Å². The van der Waals surface area contributed by atoms with E-state index in [2.05, 4.69) is 29.2 Å². The zero-order chi connectivity index (χ0) is 13.9. The Bertz CT molecular complexity index is 537. The average molecular weight is 262 g/mol. The van der Waals surface area contributed by atoms with E-state index in [4.69, 9.17) is 0 Å². The van der Waals surface area contributed by atoms with Crippen LogP contribution < -0.4 is 5.32 Å². The SMILES string of the molecule is CCC(CC)(CO)NCc1cnc2cc(C)nn2c1. The van der Waals surface area contributed by atoms with E-state index in [-0.39, 0.29) is 12.1 Å². The summed E-state index contributed by atoms with van der Waals surface area (Å²) in [6.07, 6.45) is 5.64. The van der Waals surface area contributed by atoms with Crippen LogP contribution >= 0.6 is 0 Å². The van der Waals surface area contributed by atoms with Crippen LogP contribution in [0.25, 0.3) is 5.65 Å². The van der Waals surface area contributed by atoms with Gasteiger partial charge < -0.3 is 10.4 Å². The van der Waals surface area contributed by atoms with Gasteiger partial charge in [0.15, 0.2) is 5.65 Å². The van der Waals surface area contributed by atoms with E-state index in [9.17, 15) is 5.11 Å². The summed E-state index contributed by atoms with van der Waals surface area (Å²) in [4.78, 5) is 4.38. The lowest BCUT2D eigenvalue weighted by Crippen LogP contribution is -2.47. The summed E-state index contributed by atoms with van der Waals surface area (Å²) in [6, 6.07) is 1.95. The lowest BCUT2D eigenvalue weighted by atomic mass is 9.94. The number of aryl methyl sites for hydroxylation is 1. The lowest BCUT2D eigenvalue weighted by Gasteiger charge is -2.30. The van der Waals surface area contributed by atoms with Crippen LogP contribution in [-0.2, 0) is 6.54 Å². The van der Waals surface area contributed by atoms with Gasteiger partial charge in [0.2, 0.25) is 0 Å². The topological polar surface area (TPSA) is 62.5 Å². The average Bonchev–Trinajstić information content (AvgIpc) is 2.80. The summed E-state index contributed by atoms with van der Waals surface area (Å²) in [5, 5.41) is 17.3. The van der Waals surface area contributed by atoms with Crippen molar-refractivity contribution in [3.63, 3.8) is 0 Å². The van der Waals surface area contributed by atoms with E-state index in [1.165, 1.54) is 0 Å². The van der Waals surface area contributed by atoms with Gasteiger partial charge in [-0.3, -0.25) is 0 Å². The Morgan fingerprint density at radius 3 is 2.74 bits per heavy atom. The summed E-state index contributed by atoms with van der Waals surface area (Å²) in [5.74, 6) is 0. The molecule has 19 heavy (non-hydrogen) atoms. The van der Waals surface area contributed by atoms with E-state index < -0.39 is 0 Å². The highest BCUT2D eigenvalue weighted by Crippen LogP contribution is 2.15. The number of hydrogen-bond donors (Lipinski definition) is 2. The number of hydrogen-bond acceptors (Lipinski definition) is 4. The van der Waals surface area contributed by atoms with E-state index in [1.54, 1.807) is 4.52 Å². The van der Waals surface area contributed by atoms with Crippen molar-refractivity contribution in [2.45, 2.75) is 45.7 Å². The van der Waals surface area contributed by atoms with Gasteiger partial charge in [-0.1, -0.05) is 13.8 Å². The Morgan fingerprint density at radius 1 is 1.37 bits per heavy atom. The summed E-state index contributed by atoms with van der Waals surface area (Å²) in [5.41, 5.74) is 2.69. The molecule has 0 fully saturated rings. The second-order valence-electron chi connectivity index (χ2n) is 5.05. The minimum atomic E-state index is -0.199. The fourth-order valence-electron chi connectivity index (χ4n) is 2.19. The van der Waals surface area contributed by atoms with Crippen molar-refractivity contribution >= 4 is 5.65 Å². The summed E-state index contributed by atoms with van der Waals surface area (Å²) < 4.78 is 1.80. The van der Waals surface area contributed by atoms with Crippen molar-refractivity contribution in [2.24, 2.45) is 0 Å². The van der Waals surface area contributed by atoms with Gasteiger partial charge in [-0.2, -0.15) is 5.10 Å². The second kappa shape index (κ2) is 5.67. The van der Waals surface area contributed by atoms with Crippen LogP contribution in [0.3, 0.4) is 0 Å². The molecule has 0 spiro atoms. The number of aliphatic hydroxyl groups excluding tert-OH is 1. The third-order valence-corrected chi connectivity index (χ3v) is 3.81. The van der Waals surface area contributed by atoms with Gasteiger partial charge in [0.1, 0.15) is 0 Å². The number of rotatable bonds is 6. The molecule has 0 aromatic carbocycles. The first-order chi connectivity index (χ1) is 9.12. The Morgan fingerprint density at radius 2 is 2.11 bits per heavy atom. The van der Waals surface area contributed by atoms with Gasteiger partial charge in [-0.15, -0.1) is 0 Å². The van der Waals surface area contributed by atoms with Crippen molar-refractivity contribution in [1.82, 2.24) is 19.9 Å². The fraction of sp³-hybridized carbons (Fsp3) is 0.571. The number of fused-ring (bicyclic) bond motifs is 1. The molecule has 0 amide bonds. The van der Waals surface area contributed by atoms with Crippen molar-refractivity contribution in [3.05, 3.63) is 29.7 Å². The fourth-order valence-corrected chi connectivity index (χ4v) is 2.19. The molecule has 0 aliphatic carbocycles. The third-order valence-electron chi connectivity index (χ3n) is 3.81. The first kappa shape index (κ1) is 14.0. The number of nitrogens with one attached hydrogen (secondary N) is 1. The molecule has 0 radical (unpaired) electrons. The summed E-state index contributed by atoms with van der Waals surface area (Å²) >= 11 is 0. The Kier molecular flexibility index (Phi) is 4.17. The maximum atomic E-state index is 9.53. The predicted octanol–water partition coefficient (Wildman–Crippen LogP) is 1.68. The highest BCUT2D eigenvalue weighted by molar-refractivity contribution is 5.38. The van der Waals surface area contributed by atoms with Gasteiger partial charge in [-0.05, 0) is 19.8 Å². The zero-order valence-electron chi connectivity index (χ0n) is 11.8. The van der Waals surface area contributed by atoms with Gasteiger partial charge in [0.05, 0.1) is 12.3 Å². The first-order valence-electron chi connectivity index (χ1n) is 6.79. The maximum Gasteiger partial charge on any atom is 0.155 e. The number of aromatic nitrogens is 3. The minimum Gasteiger partial charge on any atom is -0.394 e. The molecule has 0 saturated heterocycles. The van der Waals surface area contributed by atoms with Crippen LogP contribution in [0.15, 0.2) is 18.5 Å². The van der Waals surface area contributed by atoms with Crippen LogP contribution in [0.2, 0.25) is 0 Å². The van der Waals surface area contributed by atoms with Gasteiger partial charge >= 0.3 is 0 Å². The van der Waals surface area contributed by atoms with Crippen molar-refractivity contribution in [1.29, 1.82) is 0 Å². The third kappa shape index (κ3) is 2.93. The molecular formula is C14H22N4O. The molecule has 5 nitrogen and oxygen atoms in total. The number of aliphatic hydroxyl groups is 1. The molecule has 5 heteroatoms. The van der Waals surface area contributed by atoms with Gasteiger partial charge in [-0.25, -0.2) is 9.50 Å². The Labute approximate surface area is 113 Å². The molecule has 2 aromatic heterocycles. The van der Waals surface area contributed by atoms with Crippen LogP contribution in [0.5, 0.6) is 0 Å². The molecule has 104 valence electrons. The molecule has 2 aromatic rings. The Balaban J connectivity index is 2.12.